The number of carbonyl (C=O) groups excluding carboxylic acids is 1. The van der Waals surface area contributed by atoms with Gasteiger partial charge in [-0.3, -0.25) is 4.79 Å². The summed E-state index contributed by atoms with van der Waals surface area (Å²) in [6.07, 6.45) is 4.78. The number of carbonyl (C=O) groups is 1. The number of hydrogen-bond donors (Lipinski definition) is 1. The van der Waals surface area contributed by atoms with E-state index in [4.69, 9.17) is 0 Å². The lowest BCUT2D eigenvalue weighted by Gasteiger charge is -2.10. The Bertz CT molecular complexity index is 650. The molecule has 1 aliphatic carbocycles. The molecule has 1 N–H and O–H groups in total. The van der Waals surface area contributed by atoms with Gasteiger partial charge < -0.3 is 10.2 Å². The molecule has 1 aromatic heterocycles. The summed E-state index contributed by atoms with van der Waals surface area (Å²) < 4.78 is 0. The van der Waals surface area contributed by atoms with Crippen molar-refractivity contribution in [3.05, 3.63) is 56.8 Å². The van der Waals surface area contributed by atoms with Gasteiger partial charge in [-0.05, 0) is 62.5 Å². The van der Waals surface area contributed by atoms with Gasteiger partial charge in [0.2, 0.25) is 0 Å². The minimum atomic E-state index is 0.0572. The van der Waals surface area contributed by atoms with Gasteiger partial charge >= 0.3 is 0 Å². The Kier molecular flexibility index (Phi) is 5.13. The first-order valence-corrected chi connectivity index (χ1v) is 9.06. The van der Waals surface area contributed by atoms with Crippen molar-refractivity contribution in [2.45, 2.75) is 38.8 Å². The Balaban J connectivity index is 1.57. The van der Waals surface area contributed by atoms with E-state index in [0.717, 1.165) is 29.8 Å². The van der Waals surface area contributed by atoms with Crippen LogP contribution in [0.1, 0.15) is 44.1 Å². The summed E-state index contributed by atoms with van der Waals surface area (Å²) in [7, 11) is 4.13. The van der Waals surface area contributed by atoms with Crippen molar-refractivity contribution in [2.75, 3.05) is 14.1 Å². The summed E-state index contributed by atoms with van der Waals surface area (Å²) >= 11 is 1.67. The number of fused-ring (bicyclic) bond motifs is 1. The van der Waals surface area contributed by atoms with Gasteiger partial charge in [-0.1, -0.05) is 24.3 Å². The van der Waals surface area contributed by atoms with E-state index in [1.165, 1.54) is 28.8 Å². The lowest BCUT2D eigenvalue weighted by Crippen LogP contribution is -2.21. The smallest absolute Gasteiger partial charge is 0.261 e. The van der Waals surface area contributed by atoms with Crippen LogP contribution >= 0.6 is 11.3 Å². The maximum Gasteiger partial charge on any atom is 0.261 e. The fourth-order valence-corrected chi connectivity index (χ4v) is 4.17. The van der Waals surface area contributed by atoms with E-state index in [2.05, 4.69) is 54.6 Å². The molecule has 4 heteroatoms. The van der Waals surface area contributed by atoms with E-state index in [9.17, 15) is 4.79 Å². The zero-order valence-electron chi connectivity index (χ0n) is 13.9. The second kappa shape index (κ2) is 7.28. The molecule has 0 aliphatic heterocycles. The maximum atomic E-state index is 12.3. The third-order valence-electron chi connectivity index (χ3n) is 4.20. The molecule has 0 atom stereocenters. The van der Waals surface area contributed by atoms with Crippen LogP contribution in [0.4, 0.5) is 0 Å². The molecule has 0 unspecified atom stereocenters. The quantitative estimate of drug-likeness (QED) is 0.909. The lowest BCUT2D eigenvalue weighted by molar-refractivity contribution is 0.0955. The predicted octanol–water partition coefficient (Wildman–Crippen LogP) is 3.62. The van der Waals surface area contributed by atoms with Crippen LogP contribution in [0.15, 0.2) is 30.3 Å². The Morgan fingerprint density at radius 1 is 1.13 bits per heavy atom. The molecule has 1 aliphatic rings. The standard InChI is InChI=1S/C19H24N2OS/c1-21(2)13-15-9-7-14(8-10-15)12-20-19(22)18-11-16-5-3-4-6-17(16)23-18/h7-11H,3-6,12-13H2,1-2H3,(H,20,22). The molecule has 1 aromatic carbocycles. The van der Waals surface area contributed by atoms with Crippen LogP contribution in [0, 0.1) is 0 Å². The number of nitrogens with zero attached hydrogens (tertiary/aromatic N) is 1. The highest BCUT2D eigenvalue weighted by molar-refractivity contribution is 7.14. The first-order chi connectivity index (χ1) is 11.1. The zero-order valence-corrected chi connectivity index (χ0v) is 14.7. The Hall–Kier alpha value is -1.65. The number of thiophene rings is 1. The van der Waals surface area contributed by atoms with Gasteiger partial charge in [-0.2, -0.15) is 0 Å². The van der Waals surface area contributed by atoms with Crippen LogP contribution in [-0.4, -0.2) is 24.9 Å². The third-order valence-corrected chi connectivity index (χ3v) is 5.43. The summed E-state index contributed by atoms with van der Waals surface area (Å²) in [5, 5.41) is 3.05. The van der Waals surface area contributed by atoms with E-state index < -0.39 is 0 Å². The van der Waals surface area contributed by atoms with E-state index in [0.29, 0.717) is 6.54 Å². The van der Waals surface area contributed by atoms with Gasteiger partial charge in [0.15, 0.2) is 0 Å². The SMILES string of the molecule is CN(C)Cc1ccc(CNC(=O)c2cc3c(s2)CCCC3)cc1. The van der Waals surface area contributed by atoms with Crippen molar-refractivity contribution in [2.24, 2.45) is 0 Å². The van der Waals surface area contributed by atoms with Crippen molar-refractivity contribution >= 4 is 17.2 Å². The predicted molar refractivity (Wildman–Crippen MR) is 96.0 cm³/mol. The molecule has 0 radical (unpaired) electrons. The normalized spacial score (nSPS) is 13.9. The van der Waals surface area contributed by atoms with Gasteiger partial charge in [0.25, 0.3) is 5.91 Å². The van der Waals surface area contributed by atoms with Crippen molar-refractivity contribution in [3.8, 4) is 0 Å². The molecule has 0 bridgehead atoms. The summed E-state index contributed by atoms with van der Waals surface area (Å²) in [4.78, 5) is 16.8. The molecule has 3 rings (SSSR count). The fraction of sp³-hybridized carbons (Fsp3) is 0.421. The molecular formula is C19H24N2OS. The van der Waals surface area contributed by atoms with Crippen molar-refractivity contribution in [1.29, 1.82) is 0 Å². The molecule has 2 aromatic rings. The molecule has 122 valence electrons. The summed E-state index contributed by atoms with van der Waals surface area (Å²) in [6, 6.07) is 10.5. The highest BCUT2D eigenvalue weighted by Gasteiger charge is 2.16. The molecule has 0 saturated carbocycles. The fourth-order valence-electron chi connectivity index (χ4n) is 3.00. The Labute approximate surface area is 142 Å². The number of hydrogen-bond acceptors (Lipinski definition) is 3. The largest absolute Gasteiger partial charge is 0.347 e. The van der Waals surface area contributed by atoms with Crippen molar-refractivity contribution < 1.29 is 4.79 Å². The Morgan fingerprint density at radius 2 is 1.83 bits per heavy atom. The third kappa shape index (κ3) is 4.21. The topological polar surface area (TPSA) is 32.3 Å². The summed E-state index contributed by atoms with van der Waals surface area (Å²) in [6.45, 7) is 1.52. The highest BCUT2D eigenvalue weighted by atomic mass is 32.1. The van der Waals surface area contributed by atoms with E-state index >= 15 is 0 Å². The van der Waals surface area contributed by atoms with Crippen LogP contribution in [0.5, 0.6) is 0 Å². The number of rotatable bonds is 5. The van der Waals surface area contributed by atoms with Gasteiger partial charge in [0.1, 0.15) is 0 Å². The van der Waals surface area contributed by atoms with Crippen molar-refractivity contribution in [1.82, 2.24) is 10.2 Å². The van der Waals surface area contributed by atoms with E-state index in [-0.39, 0.29) is 5.91 Å². The number of aryl methyl sites for hydroxylation is 2. The van der Waals surface area contributed by atoms with Crippen LogP contribution in [-0.2, 0) is 25.9 Å². The molecule has 1 amide bonds. The monoisotopic (exact) mass is 328 g/mol. The van der Waals surface area contributed by atoms with Gasteiger partial charge in [0.05, 0.1) is 4.88 Å². The maximum absolute atomic E-state index is 12.3. The minimum absolute atomic E-state index is 0.0572. The molecule has 3 nitrogen and oxygen atoms in total. The van der Waals surface area contributed by atoms with E-state index in [1.807, 2.05) is 0 Å². The first kappa shape index (κ1) is 16.2. The van der Waals surface area contributed by atoms with Crippen LogP contribution in [0.2, 0.25) is 0 Å². The zero-order chi connectivity index (χ0) is 16.2. The van der Waals surface area contributed by atoms with E-state index in [1.54, 1.807) is 11.3 Å². The van der Waals surface area contributed by atoms with Crippen LogP contribution in [0.3, 0.4) is 0 Å². The molecule has 1 heterocycles. The van der Waals surface area contributed by atoms with Gasteiger partial charge in [-0.25, -0.2) is 0 Å². The second-order valence-electron chi connectivity index (χ2n) is 6.50. The molecule has 23 heavy (non-hydrogen) atoms. The number of nitrogens with one attached hydrogen (secondary N) is 1. The lowest BCUT2D eigenvalue weighted by atomic mass is 9.99. The van der Waals surface area contributed by atoms with Crippen LogP contribution in [0.25, 0.3) is 0 Å². The van der Waals surface area contributed by atoms with Gasteiger partial charge in [0, 0.05) is 18.0 Å². The molecule has 0 spiro atoms. The number of benzene rings is 1. The van der Waals surface area contributed by atoms with Crippen molar-refractivity contribution in [3.63, 3.8) is 0 Å². The van der Waals surface area contributed by atoms with Gasteiger partial charge in [-0.15, -0.1) is 11.3 Å². The number of amides is 1. The molecule has 0 fully saturated rings. The average Bonchev–Trinajstić information content (AvgIpc) is 2.97. The second-order valence-corrected chi connectivity index (χ2v) is 7.64. The summed E-state index contributed by atoms with van der Waals surface area (Å²) in [5.74, 6) is 0.0572. The highest BCUT2D eigenvalue weighted by Crippen LogP contribution is 2.29. The summed E-state index contributed by atoms with van der Waals surface area (Å²) in [5.41, 5.74) is 3.82. The first-order valence-electron chi connectivity index (χ1n) is 8.24. The molecule has 0 saturated heterocycles. The van der Waals surface area contributed by atoms with Crippen LogP contribution < -0.4 is 5.32 Å². The Morgan fingerprint density at radius 3 is 2.52 bits per heavy atom. The molecular weight excluding hydrogens is 304 g/mol. The average molecular weight is 328 g/mol. The minimum Gasteiger partial charge on any atom is -0.347 e.